The van der Waals surface area contributed by atoms with Gasteiger partial charge in [-0.05, 0) is 71.8 Å². The van der Waals surface area contributed by atoms with Crippen LogP contribution in [0.4, 0.5) is 0 Å². The molecule has 0 aliphatic heterocycles. The van der Waals surface area contributed by atoms with Gasteiger partial charge in [0.15, 0.2) is 5.82 Å². The van der Waals surface area contributed by atoms with Gasteiger partial charge in [-0.3, -0.25) is 0 Å². The molecule has 0 aliphatic rings. The first-order valence-corrected chi connectivity index (χ1v) is 19.0. The van der Waals surface area contributed by atoms with Gasteiger partial charge in [-0.15, -0.1) is 0 Å². The van der Waals surface area contributed by atoms with Gasteiger partial charge in [0.25, 0.3) is 0 Å². The Morgan fingerprint density at radius 1 is 0.304 bits per heavy atom. The van der Waals surface area contributed by atoms with Crippen LogP contribution in [0.5, 0.6) is 0 Å². The zero-order valence-corrected chi connectivity index (χ0v) is 30.4. The molecule has 0 radical (unpaired) electrons. The van der Waals surface area contributed by atoms with Crippen molar-refractivity contribution < 1.29 is 0 Å². The van der Waals surface area contributed by atoms with Crippen molar-refractivity contribution in [2.75, 3.05) is 0 Å². The molecule has 0 aliphatic carbocycles. The van der Waals surface area contributed by atoms with Crippen LogP contribution in [0.2, 0.25) is 0 Å². The highest BCUT2D eigenvalue weighted by molar-refractivity contribution is 6.13. The van der Waals surface area contributed by atoms with Gasteiger partial charge < -0.3 is 9.13 Å². The van der Waals surface area contributed by atoms with Crippen LogP contribution >= 0.6 is 0 Å². The summed E-state index contributed by atoms with van der Waals surface area (Å²) in [5, 5.41) is 4.90. The van der Waals surface area contributed by atoms with E-state index in [1.54, 1.807) is 0 Å². The van der Waals surface area contributed by atoms with Crippen LogP contribution in [0, 0.1) is 0 Å². The van der Waals surface area contributed by atoms with Crippen molar-refractivity contribution in [3.8, 4) is 56.4 Å². The second-order valence-corrected chi connectivity index (χ2v) is 14.2. The van der Waals surface area contributed by atoms with Crippen molar-refractivity contribution in [3.05, 3.63) is 206 Å². The van der Waals surface area contributed by atoms with Gasteiger partial charge in [-0.1, -0.05) is 146 Å². The maximum Gasteiger partial charge on any atom is 0.160 e. The molecule has 262 valence electrons. The Morgan fingerprint density at radius 3 is 1.45 bits per heavy atom. The fraction of sp³-hybridized carbons (Fsp3) is 0. The van der Waals surface area contributed by atoms with Crippen LogP contribution in [0.25, 0.3) is 100 Å². The van der Waals surface area contributed by atoms with E-state index in [0.29, 0.717) is 5.82 Å². The highest BCUT2D eigenvalue weighted by Gasteiger charge is 2.19. The van der Waals surface area contributed by atoms with Gasteiger partial charge in [-0.2, -0.15) is 0 Å². The largest absolute Gasteiger partial charge is 0.309 e. The Balaban J connectivity index is 1.09. The summed E-state index contributed by atoms with van der Waals surface area (Å²) in [6.45, 7) is 0. The molecule has 0 unspecified atom stereocenters. The summed E-state index contributed by atoms with van der Waals surface area (Å²) in [6.07, 6.45) is 0. The van der Waals surface area contributed by atoms with Crippen molar-refractivity contribution in [2.24, 2.45) is 0 Å². The molecule has 0 saturated heterocycles. The third-order valence-electron chi connectivity index (χ3n) is 10.9. The van der Waals surface area contributed by atoms with Crippen LogP contribution in [0.3, 0.4) is 0 Å². The maximum absolute atomic E-state index is 5.23. The van der Waals surface area contributed by atoms with Crippen LogP contribution in [0.1, 0.15) is 0 Å². The highest BCUT2D eigenvalue weighted by Crippen LogP contribution is 2.40. The van der Waals surface area contributed by atoms with E-state index in [4.69, 9.17) is 9.97 Å². The van der Waals surface area contributed by atoms with Crippen LogP contribution in [-0.4, -0.2) is 19.1 Å². The monoisotopic (exact) mass is 714 g/mol. The molecule has 0 bridgehead atoms. The van der Waals surface area contributed by atoms with E-state index >= 15 is 0 Å². The standard InChI is InChI=1S/C52H34N4/c1-4-16-35(17-5-1)45-34-46(54-52(53-45)36-18-6-2-7-19-36)42-24-12-15-27-49(42)56-48-26-14-11-23-41(48)44-33-38(29-31-51(44)56)37-28-30-50-43(32-37)40-22-10-13-25-47(40)55(50)39-20-8-3-9-21-39/h1-34H. The average Bonchev–Trinajstić information content (AvgIpc) is 3.79. The van der Waals surface area contributed by atoms with Gasteiger partial charge >= 0.3 is 0 Å². The number of aromatic nitrogens is 4. The quantitative estimate of drug-likeness (QED) is 0.172. The van der Waals surface area contributed by atoms with Gasteiger partial charge in [0.2, 0.25) is 0 Å². The molecule has 0 amide bonds. The number of hydrogen-bond donors (Lipinski definition) is 0. The molecule has 11 aromatic rings. The van der Waals surface area contributed by atoms with E-state index in [9.17, 15) is 0 Å². The lowest BCUT2D eigenvalue weighted by molar-refractivity contribution is 1.15. The minimum absolute atomic E-state index is 0.701. The highest BCUT2D eigenvalue weighted by atomic mass is 15.0. The van der Waals surface area contributed by atoms with Crippen LogP contribution < -0.4 is 0 Å². The van der Waals surface area contributed by atoms with E-state index in [-0.39, 0.29) is 0 Å². The lowest BCUT2D eigenvalue weighted by atomic mass is 10.0. The summed E-state index contributed by atoms with van der Waals surface area (Å²) in [4.78, 5) is 10.3. The predicted molar refractivity (Wildman–Crippen MR) is 232 cm³/mol. The zero-order valence-electron chi connectivity index (χ0n) is 30.4. The Hall–Kier alpha value is -7.56. The molecule has 56 heavy (non-hydrogen) atoms. The Morgan fingerprint density at radius 2 is 0.786 bits per heavy atom. The first-order valence-electron chi connectivity index (χ1n) is 19.0. The fourth-order valence-corrected chi connectivity index (χ4v) is 8.36. The fourth-order valence-electron chi connectivity index (χ4n) is 8.36. The van der Waals surface area contributed by atoms with E-state index in [2.05, 4.69) is 191 Å². The number of rotatable bonds is 6. The summed E-state index contributed by atoms with van der Waals surface area (Å²) in [6, 6.07) is 73.2. The van der Waals surface area contributed by atoms with Crippen molar-refractivity contribution in [1.29, 1.82) is 0 Å². The zero-order chi connectivity index (χ0) is 37.0. The molecular formula is C52H34N4. The van der Waals surface area contributed by atoms with Crippen molar-refractivity contribution >= 4 is 43.6 Å². The minimum atomic E-state index is 0.701. The van der Waals surface area contributed by atoms with Gasteiger partial charge in [0.1, 0.15) is 0 Å². The maximum atomic E-state index is 5.23. The Bertz CT molecular complexity index is 3170. The van der Waals surface area contributed by atoms with Crippen LogP contribution in [-0.2, 0) is 0 Å². The molecule has 8 aromatic carbocycles. The summed E-state index contributed by atoms with van der Waals surface area (Å²) >= 11 is 0. The van der Waals surface area contributed by atoms with Crippen molar-refractivity contribution in [2.45, 2.75) is 0 Å². The normalized spacial score (nSPS) is 11.6. The molecule has 3 heterocycles. The molecule has 4 heteroatoms. The summed E-state index contributed by atoms with van der Waals surface area (Å²) in [5.41, 5.74) is 14.1. The molecule has 3 aromatic heterocycles. The summed E-state index contributed by atoms with van der Waals surface area (Å²) in [5.74, 6) is 0.701. The molecule has 0 fully saturated rings. The molecule has 0 saturated carbocycles. The van der Waals surface area contributed by atoms with Gasteiger partial charge in [0, 0.05) is 43.9 Å². The van der Waals surface area contributed by atoms with Crippen LogP contribution in [0.15, 0.2) is 206 Å². The van der Waals surface area contributed by atoms with Gasteiger partial charge in [-0.25, -0.2) is 9.97 Å². The smallest absolute Gasteiger partial charge is 0.160 e. The molecule has 11 rings (SSSR count). The van der Waals surface area contributed by atoms with Gasteiger partial charge in [0.05, 0.1) is 39.1 Å². The summed E-state index contributed by atoms with van der Waals surface area (Å²) < 4.78 is 4.76. The second-order valence-electron chi connectivity index (χ2n) is 14.2. The number of fused-ring (bicyclic) bond motifs is 6. The molecular weight excluding hydrogens is 681 g/mol. The van der Waals surface area contributed by atoms with Crippen molar-refractivity contribution in [3.63, 3.8) is 0 Å². The topological polar surface area (TPSA) is 35.6 Å². The van der Waals surface area contributed by atoms with Crippen molar-refractivity contribution in [1.82, 2.24) is 19.1 Å². The Labute approximate surface area is 324 Å². The van der Waals surface area contributed by atoms with E-state index in [1.807, 2.05) is 24.3 Å². The lowest BCUT2D eigenvalue weighted by Crippen LogP contribution is -2.00. The molecule has 0 atom stereocenters. The number of benzene rings is 8. The third kappa shape index (κ3) is 5.23. The predicted octanol–water partition coefficient (Wildman–Crippen LogP) is 13.3. The number of hydrogen-bond acceptors (Lipinski definition) is 2. The first kappa shape index (κ1) is 31.9. The molecule has 4 nitrogen and oxygen atoms in total. The Kier molecular flexibility index (Phi) is 7.46. The molecule has 0 spiro atoms. The first-order chi connectivity index (χ1) is 27.8. The van der Waals surface area contributed by atoms with E-state index in [1.165, 1.54) is 43.7 Å². The lowest BCUT2D eigenvalue weighted by Gasteiger charge is -2.15. The third-order valence-corrected chi connectivity index (χ3v) is 10.9. The number of para-hydroxylation sites is 4. The SMILES string of the molecule is c1ccc(-c2cc(-c3ccccc3-n3c4ccccc4c4cc(-c5ccc6c(c5)c5ccccc5n6-c5ccccc5)ccc43)nc(-c3ccccc3)n2)cc1. The second kappa shape index (κ2) is 13.1. The average molecular weight is 715 g/mol. The van der Waals surface area contributed by atoms with E-state index in [0.717, 1.165) is 50.5 Å². The summed E-state index contributed by atoms with van der Waals surface area (Å²) in [7, 11) is 0. The van der Waals surface area contributed by atoms with E-state index < -0.39 is 0 Å². The number of nitrogens with zero attached hydrogens (tertiary/aromatic N) is 4. The molecule has 0 N–H and O–H groups in total. The minimum Gasteiger partial charge on any atom is -0.309 e.